The molecule has 0 aromatic heterocycles. The number of hydrogen-bond acceptors (Lipinski definition) is 2. The van der Waals surface area contributed by atoms with Crippen LogP contribution in [0.1, 0.15) is 22.3 Å². The number of hydrogen-bond donors (Lipinski definition) is 2. The monoisotopic (exact) mass is 356 g/mol. The molecule has 0 atom stereocenters. The SMILES string of the molecule is CN=C(NCCc1ccc(F)cc1C)NCc1ccccc1CN(C)C. The quantitative estimate of drug-likeness (QED) is 0.592. The first kappa shape index (κ1) is 19.9. The minimum absolute atomic E-state index is 0.187. The summed E-state index contributed by atoms with van der Waals surface area (Å²) in [5.41, 5.74) is 4.69. The van der Waals surface area contributed by atoms with Crippen LogP contribution in [0.15, 0.2) is 47.5 Å². The highest BCUT2D eigenvalue weighted by molar-refractivity contribution is 5.79. The van der Waals surface area contributed by atoms with Crippen LogP contribution >= 0.6 is 0 Å². The summed E-state index contributed by atoms with van der Waals surface area (Å²) in [6.45, 7) is 4.31. The summed E-state index contributed by atoms with van der Waals surface area (Å²) in [5.74, 6) is 0.581. The lowest BCUT2D eigenvalue weighted by molar-refractivity contribution is 0.400. The number of halogens is 1. The zero-order chi connectivity index (χ0) is 18.9. The average Bonchev–Trinajstić information content (AvgIpc) is 2.60. The molecule has 0 spiro atoms. The van der Waals surface area contributed by atoms with Gasteiger partial charge >= 0.3 is 0 Å². The lowest BCUT2D eigenvalue weighted by Crippen LogP contribution is -2.38. The predicted octanol–water partition coefficient (Wildman–Crippen LogP) is 3.10. The normalized spacial score (nSPS) is 11.7. The zero-order valence-electron chi connectivity index (χ0n) is 16.1. The Kier molecular flexibility index (Phi) is 7.60. The van der Waals surface area contributed by atoms with Crippen molar-refractivity contribution < 1.29 is 4.39 Å². The van der Waals surface area contributed by atoms with Crippen LogP contribution in [0.3, 0.4) is 0 Å². The third-order valence-electron chi connectivity index (χ3n) is 4.27. The maximum atomic E-state index is 13.2. The molecule has 0 fully saturated rings. The molecule has 0 heterocycles. The molecule has 4 nitrogen and oxygen atoms in total. The van der Waals surface area contributed by atoms with Gasteiger partial charge < -0.3 is 15.5 Å². The zero-order valence-corrected chi connectivity index (χ0v) is 16.1. The number of guanidine groups is 1. The highest BCUT2D eigenvalue weighted by Gasteiger charge is 2.05. The molecule has 0 amide bonds. The molecule has 2 rings (SSSR count). The molecule has 2 N–H and O–H groups in total. The standard InChI is InChI=1S/C21H29FN4/c1-16-13-20(22)10-9-17(16)11-12-24-21(23-2)25-14-18-7-5-6-8-19(18)15-26(3)4/h5-10,13H,11-12,14-15H2,1-4H3,(H2,23,24,25). The van der Waals surface area contributed by atoms with Crippen LogP contribution in [-0.2, 0) is 19.5 Å². The van der Waals surface area contributed by atoms with Gasteiger partial charge in [-0.25, -0.2) is 4.39 Å². The Labute approximate surface area is 156 Å². The molecule has 2 aromatic carbocycles. The molecule has 0 saturated heterocycles. The molecule has 140 valence electrons. The van der Waals surface area contributed by atoms with Crippen molar-refractivity contribution in [3.8, 4) is 0 Å². The summed E-state index contributed by atoms with van der Waals surface area (Å²) < 4.78 is 13.2. The number of rotatable bonds is 7. The molecule has 0 radical (unpaired) electrons. The van der Waals surface area contributed by atoms with E-state index in [4.69, 9.17) is 0 Å². The maximum absolute atomic E-state index is 13.2. The summed E-state index contributed by atoms with van der Waals surface area (Å²) in [6, 6.07) is 13.4. The van der Waals surface area contributed by atoms with E-state index in [1.54, 1.807) is 13.1 Å². The second kappa shape index (κ2) is 9.92. The number of benzene rings is 2. The predicted molar refractivity (Wildman–Crippen MR) is 107 cm³/mol. The van der Waals surface area contributed by atoms with E-state index in [9.17, 15) is 4.39 Å². The smallest absolute Gasteiger partial charge is 0.191 e. The Balaban J connectivity index is 1.86. The Hall–Kier alpha value is -2.40. The van der Waals surface area contributed by atoms with Crippen molar-refractivity contribution in [1.29, 1.82) is 0 Å². The van der Waals surface area contributed by atoms with Crippen molar-refractivity contribution in [3.05, 3.63) is 70.5 Å². The molecule has 26 heavy (non-hydrogen) atoms. The summed E-state index contributed by atoms with van der Waals surface area (Å²) in [4.78, 5) is 6.45. The van der Waals surface area contributed by atoms with Gasteiger partial charge in [-0.3, -0.25) is 4.99 Å². The number of nitrogens with zero attached hydrogens (tertiary/aromatic N) is 2. The number of nitrogens with one attached hydrogen (secondary N) is 2. The largest absolute Gasteiger partial charge is 0.356 e. The van der Waals surface area contributed by atoms with Crippen molar-refractivity contribution >= 4 is 5.96 Å². The summed E-state index contributed by atoms with van der Waals surface area (Å²) in [6.07, 6.45) is 0.823. The highest BCUT2D eigenvalue weighted by atomic mass is 19.1. The van der Waals surface area contributed by atoms with Crippen LogP contribution in [-0.4, -0.2) is 38.5 Å². The van der Waals surface area contributed by atoms with Gasteiger partial charge in [-0.15, -0.1) is 0 Å². The average molecular weight is 356 g/mol. The van der Waals surface area contributed by atoms with Gasteiger partial charge in [0.2, 0.25) is 0 Å². The Morgan fingerprint density at radius 1 is 1.04 bits per heavy atom. The Bertz CT molecular complexity index is 741. The second-order valence-corrected chi connectivity index (χ2v) is 6.68. The van der Waals surface area contributed by atoms with E-state index < -0.39 is 0 Å². The van der Waals surface area contributed by atoms with Crippen LogP contribution in [0.25, 0.3) is 0 Å². The first-order valence-electron chi connectivity index (χ1n) is 8.90. The minimum atomic E-state index is -0.187. The van der Waals surface area contributed by atoms with Gasteiger partial charge in [0.05, 0.1) is 0 Å². The third-order valence-corrected chi connectivity index (χ3v) is 4.27. The van der Waals surface area contributed by atoms with Crippen molar-refractivity contribution in [2.75, 3.05) is 27.7 Å². The Morgan fingerprint density at radius 3 is 2.42 bits per heavy atom. The van der Waals surface area contributed by atoms with Gasteiger partial charge in [0.25, 0.3) is 0 Å². The van der Waals surface area contributed by atoms with Crippen LogP contribution in [0.5, 0.6) is 0 Å². The topological polar surface area (TPSA) is 39.7 Å². The number of aryl methyl sites for hydroxylation is 1. The van der Waals surface area contributed by atoms with Crippen LogP contribution in [0.4, 0.5) is 4.39 Å². The van der Waals surface area contributed by atoms with Gasteiger partial charge in [0.15, 0.2) is 5.96 Å². The first-order valence-corrected chi connectivity index (χ1v) is 8.90. The lowest BCUT2D eigenvalue weighted by atomic mass is 10.1. The molecular formula is C21H29FN4. The fourth-order valence-electron chi connectivity index (χ4n) is 2.88. The van der Waals surface area contributed by atoms with Gasteiger partial charge in [-0.1, -0.05) is 30.3 Å². The van der Waals surface area contributed by atoms with Crippen molar-refractivity contribution in [2.45, 2.75) is 26.4 Å². The van der Waals surface area contributed by atoms with Gasteiger partial charge in [-0.2, -0.15) is 0 Å². The molecule has 0 unspecified atom stereocenters. The van der Waals surface area contributed by atoms with E-state index in [-0.39, 0.29) is 5.82 Å². The van der Waals surface area contributed by atoms with Crippen LogP contribution < -0.4 is 10.6 Å². The molecule has 2 aromatic rings. The fourth-order valence-corrected chi connectivity index (χ4v) is 2.88. The fraction of sp³-hybridized carbons (Fsp3) is 0.381. The molecule has 5 heteroatoms. The summed E-state index contributed by atoms with van der Waals surface area (Å²) in [7, 11) is 5.91. The molecule has 0 aliphatic rings. The second-order valence-electron chi connectivity index (χ2n) is 6.68. The van der Waals surface area contributed by atoms with Crippen LogP contribution in [0, 0.1) is 12.7 Å². The van der Waals surface area contributed by atoms with Crippen LogP contribution in [0.2, 0.25) is 0 Å². The molecule has 0 saturated carbocycles. The van der Waals surface area contributed by atoms with Crippen molar-refractivity contribution in [2.24, 2.45) is 4.99 Å². The lowest BCUT2D eigenvalue weighted by Gasteiger charge is -2.16. The molecule has 0 aliphatic carbocycles. The first-order chi connectivity index (χ1) is 12.5. The summed E-state index contributed by atoms with van der Waals surface area (Å²) >= 11 is 0. The minimum Gasteiger partial charge on any atom is -0.356 e. The Morgan fingerprint density at radius 2 is 1.77 bits per heavy atom. The molecular weight excluding hydrogens is 327 g/mol. The van der Waals surface area contributed by atoms with E-state index in [2.05, 4.69) is 58.9 Å². The van der Waals surface area contributed by atoms with Gasteiger partial charge in [0.1, 0.15) is 5.82 Å². The van der Waals surface area contributed by atoms with Gasteiger partial charge in [0, 0.05) is 26.7 Å². The summed E-state index contributed by atoms with van der Waals surface area (Å²) in [5, 5.41) is 6.69. The number of aliphatic imine (C=N–C) groups is 1. The van der Waals surface area contributed by atoms with E-state index in [0.29, 0.717) is 0 Å². The van der Waals surface area contributed by atoms with E-state index in [0.717, 1.165) is 43.1 Å². The van der Waals surface area contributed by atoms with Gasteiger partial charge in [-0.05, 0) is 61.8 Å². The maximum Gasteiger partial charge on any atom is 0.191 e. The van der Waals surface area contributed by atoms with E-state index in [1.165, 1.54) is 17.2 Å². The molecule has 0 aliphatic heterocycles. The third kappa shape index (κ3) is 6.15. The van der Waals surface area contributed by atoms with E-state index >= 15 is 0 Å². The molecule has 0 bridgehead atoms. The van der Waals surface area contributed by atoms with Crippen molar-refractivity contribution in [1.82, 2.24) is 15.5 Å². The van der Waals surface area contributed by atoms with Crippen molar-refractivity contribution in [3.63, 3.8) is 0 Å². The van der Waals surface area contributed by atoms with E-state index in [1.807, 2.05) is 13.0 Å². The highest BCUT2D eigenvalue weighted by Crippen LogP contribution is 2.11.